The average Bonchev–Trinajstić information content (AvgIpc) is 3.51. The molecule has 1 fully saturated rings. The van der Waals surface area contributed by atoms with Crippen LogP contribution in [0.4, 0.5) is 5.95 Å². The smallest absolute Gasteiger partial charge is 0.326 e. The van der Waals surface area contributed by atoms with E-state index in [1.807, 2.05) is 42.8 Å². The summed E-state index contributed by atoms with van der Waals surface area (Å²) in [4.78, 5) is 25.8. The van der Waals surface area contributed by atoms with Gasteiger partial charge in [0.25, 0.3) is 0 Å². The number of nitrogens with zero attached hydrogens (tertiary/aromatic N) is 3. The molecule has 0 saturated carbocycles. The first-order valence-corrected chi connectivity index (χ1v) is 12.3. The number of esters is 1. The zero-order valence-electron chi connectivity index (χ0n) is 18.9. The van der Waals surface area contributed by atoms with Crippen LogP contribution in [0.2, 0.25) is 0 Å². The minimum absolute atomic E-state index is 0.116. The summed E-state index contributed by atoms with van der Waals surface area (Å²) in [7, 11) is 0. The third kappa shape index (κ3) is 4.22. The number of carbonyl (C=O) groups excluding carboxylic acids is 1. The second-order valence-corrected chi connectivity index (χ2v) is 9.30. The SMILES string of the molecule is CCOC(=O)C1(NCc2ccc3c(c2)OCO3)CCN(c2ncc3ccsc3n2)C(CC)C1. The quantitative estimate of drug-likeness (QED) is 0.523. The normalized spacial score (nSPS) is 22.0. The fourth-order valence-corrected chi connectivity index (χ4v) is 5.37. The molecule has 5 rings (SSSR count). The molecule has 2 aliphatic rings. The molecule has 2 aromatic heterocycles. The zero-order valence-corrected chi connectivity index (χ0v) is 19.7. The number of hydrogen-bond donors (Lipinski definition) is 1. The monoisotopic (exact) mass is 468 g/mol. The molecule has 1 saturated heterocycles. The first-order chi connectivity index (χ1) is 16.1. The van der Waals surface area contributed by atoms with Crippen molar-refractivity contribution in [2.45, 2.75) is 51.2 Å². The van der Waals surface area contributed by atoms with E-state index in [1.54, 1.807) is 11.3 Å². The van der Waals surface area contributed by atoms with Crippen LogP contribution in [0.25, 0.3) is 10.2 Å². The lowest BCUT2D eigenvalue weighted by Crippen LogP contribution is -2.62. The van der Waals surface area contributed by atoms with E-state index in [2.05, 4.69) is 22.1 Å². The molecule has 0 aliphatic carbocycles. The fourth-order valence-electron chi connectivity index (χ4n) is 4.63. The van der Waals surface area contributed by atoms with Crippen LogP contribution >= 0.6 is 11.3 Å². The van der Waals surface area contributed by atoms with Crippen molar-refractivity contribution < 1.29 is 19.0 Å². The van der Waals surface area contributed by atoms with Gasteiger partial charge in [-0.05, 0) is 55.3 Å². The average molecular weight is 469 g/mol. The predicted octanol–water partition coefficient (Wildman–Crippen LogP) is 3.89. The van der Waals surface area contributed by atoms with Crippen molar-refractivity contribution in [3.63, 3.8) is 0 Å². The van der Waals surface area contributed by atoms with Gasteiger partial charge in [0.2, 0.25) is 12.7 Å². The van der Waals surface area contributed by atoms with Crippen molar-refractivity contribution in [1.29, 1.82) is 0 Å². The van der Waals surface area contributed by atoms with E-state index >= 15 is 0 Å². The van der Waals surface area contributed by atoms with Crippen LogP contribution in [0.3, 0.4) is 0 Å². The summed E-state index contributed by atoms with van der Waals surface area (Å²) in [6.07, 6.45) is 3.99. The summed E-state index contributed by atoms with van der Waals surface area (Å²) >= 11 is 1.62. The van der Waals surface area contributed by atoms with Gasteiger partial charge in [0.15, 0.2) is 11.5 Å². The van der Waals surface area contributed by atoms with Crippen molar-refractivity contribution in [2.75, 3.05) is 24.8 Å². The number of anilines is 1. The third-order valence-electron chi connectivity index (χ3n) is 6.46. The Morgan fingerprint density at radius 1 is 1.30 bits per heavy atom. The number of fused-ring (bicyclic) bond motifs is 2. The summed E-state index contributed by atoms with van der Waals surface area (Å²) in [6.45, 7) is 5.78. The number of benzene rings is 1. The molecule has 0 spiro atoms. The molecule has 9 heteroatoms. The Bertz CT molecular complexity index is 1150. The fraction of sp³-hybridized carbons (Fsp3) is 0.458. The lowest BCUT2D eigenvalue weighted by atomic mass is 9.82. The highest BCUT2D eigenvalue weighted by atomic mass is 32.1. The summed E-state index contributed by atoms with van der Waals surface area (Å²) in [5, 5.41) is 6.64. The summed E-state index contributed by atoms with van der Waals surface area (Å²) in [5.74, 6) is 2.02. The Balaban J connectivity index is 1.37. The van der Waals surface area contributed by atoms with E-state index in [4.69, 9.17) is 19.2 Å². The summed E-state index contributed by atoms with van der Waals surface area (Å²) in [6, 6.07) is 8.01. The molecule has 2 unspecified atom stereocenters. The van der Waals surface area contributed by atoms with Gasteiger partial charge in [-0.15, -0.1) is 11.3 Å². The number of nitrogens with one attached hydrogen (secondary N) is 1. The number of rotatable bonds is 7. The van der Waals surface area contributed by atoms with Crippen molar-refractivity contribution >= 4 is 33.5 Å². The Morgan fingerprint density at radius 3 is 3.03 bits per heavy atom. The van der Waals surface area contributed by atoms with Crippen LogP contribution in [-0.4, -0.2) is 47.5 Å². The molecule has 2 atom stereocenters. The molecule has 0 bridgehead atoms. The highest BCUT2D eigenvalue weighted by molar-refractivity contribution is 7.16. The van der Waals surface area contributed by atoms with Gasteiger partial charge in [-0.25, -0.2) is 9.97 Å². The number of aromatic nitrogens is 2. The Hall–Kier alpha value is -2.91. The molecule has 3 aromatic rings. The summed E-state index contributed by atoms with van der Waals surface area (Å²) in [5.41, 5.74) is 0.265. The molecule has 33 heavy (non-hydrogen) atoms. The van der Waals surface area contributed by atoms with Crippen molar-refractivity contribution in [2.24, 2.45) is 0 Å². The first kappa shape index (κ1) is 21.9. The molecule has 1 N–H and O–H groups in total. The van der Waals surface area contributed by atoms with Gasteiger partial charge >= 0.3 is 5.97 Å². The molecular formula is C24H28N4O4S. The Kier molecular flexibility index (Phi) is 6.07. The van der Waals surface area contributed by atoms with Crippen LogP contribution in [0.15, 0.2) is 35.8 Å². The first-order valence-electron chi connectivity index (χ1n) is 11.4. The highest BCUT2D eigenvalue weighted by Crippen LogP contribution is 2.35. The van der Waals surface area contributed by atoms with E-state index < -0.39 is 5.54 Å². The number of carbonyl (C=O) groups is 1. The van der Waals surface area contributed by atoms with Crippen LogP contribution in [0.5, 0.6) is 11.5 Å². The molecule has 0 radical (unpaired) electrons. The topological polar surface area (TPSA) is 85.8 Å². The van der Waals surface area contributed by atoms with E-state index in [0.29, 0.717) is 32.5 Å². The standard InChI is InChI=1S/C24H28N4O4S/c1-3-18-12-24(22(29)30-4-2,26-13-16-5-6-19-20(11-16)32-15-31-19)8-9-28(18)23-25-14-17-7-10-33-21(17)27-23/h5-7,10-11,14,18,26H,3-4,8-9,12-13,15H2,1-2H3. The molecular weight excluding hydrogens is 440 g/mol. The molecule has 4 heterocycles. The maximum atomic E-state index is 13.2. The Labute approximate surface area is 196 Å². The minimum atomic E-state index is -0.767. The van der Waals surface area contributed by atoms with Crippen LogP contribution in [0, 0.1) is 0 Å². The largest absolute Gasteiger partial charge is 0.465 e. The summed E-state index contributed by atoms with van der Waals surface area (Å²) < 4.78 is 16.4. The second-order valence-electron chi connectivity index (χ2n) is 8.40. The lowest BCUT2D eigenvalue weighted by Gasteiger charge is -2.45. The highest BCUT2D eigenvalue weighted by Gasteiger charge is 2.46. The van der Waals surface area contributed by atoms with Crippen molar-refractivity contribution in [3.05, 3.63) is 41.4 Å². The third-order valence-corrected chi connectivity index (χ3v) is 7.28. The Morgan fingerprint density at radius 2 is 2.18 bits per heavy atom. The van der Waals surface area contributed by atoms with Crippen LogP contribution < -0.4 is 19.7 Å². The molecule has 2 aliphatic heterocycles. The van der Waals surface area contributed by atoms with Crippen LogP contribution in [0.1, 0.15) is 38.7 Å². The maximum absolute atomic E-state index is 13.2. The van der Waals surface area contributed by atoms with E-state index in [9.17, 15) is 4.79 Å². The van der Waals surface area contributed by atoms with Gasteiger partial charge in [0, 0.05) is 30.7 Å². The van der Waals surface area contributed by atoms with Gasteiger partial charge in [0.1, 0.15) is 10.4 Å². The van der Waals surface area contributed by atoms with Gasteiger partial charge in [-0.3, -0.25) is 10.1 Å². The maximum Gasteiger partial charge on any atom is 0.326 e. The van der Waals surface area contributed by atoms with Crippen molar-refractivity contribution in [3.8, 4) is 11.5 Å². The van der Waals surface area contributed by atoms with E-state index in [1.165, 1.54) is 0 Å². The van der Waals surface area contributed by atoms with Gasteiger partial charge in [-0.2, -0.15) is 0 Å². The van der Waals surface area contributed by atoms with Gasteiger partial charge < -0.3 is 19.1 Å². The molecule has 1 aromatic carbocycles. The minimum Gasteiger partial charge on any atom is -0.465 e. The van der Waals surface area contributed by atoms with E-state index in [0.717, 1.165) is 39.6 Å². The lowest BCUT2D eigenvalue weighted by molar-refractivity contribution is -0.153. The van der Waals surface area contributed by atoms with E-state index in [-0.39, 0.29) is 18.8 Å². The number of ether oxygens (including phenoxy) is 3. The number of piperidine rings is 1. The molecule has 0 amide bonds. The molecule has 174 valence electrons. The van der Waals surface area contributed by atoms with Gasteiger partial charge in [0.05, 0.1) is 6.61 Å². The predicted molar refractivity (Wildman–Crippen MR) is 127 cm³/mol. The number of hydrogen-bond acceptors (Lipinski definition) is 9. The van der Waals surface area contributed by atoms with Crippen LogP contribution in [-0.2, 0) is 16.1 Å². The zero-order chi connectivity index (χ0) is 22.8. The van der Waals surface area contributed by atoms with Crippen molar-refractivity contribution in [1.82, 2.24) is 15.3 Å². The van der Waals surface area contributed by atoms with Gasteiger partial charge in [-0.1, -0.05) is 13.0 Å². The molecule has 8 nitrogen and oxygen atoms in total. The second kappa shape index (κ2) is 9.15. The number of thiophene rings is 1.